The summed E-state index contributed by atoms with van der Waals surface area (Å²) in [5.41, 5.74) is 5.63. The SMILES string of the molecule is CC(N)CCCC(=O)NCCC(CCC(=O)O)C(C)C. The smallest absolute Gasteiger partial charge is 0.303 e. The molecule has 0 rings (SSSR count). The number of carbonyl (C=O) groups excluding carboxylic acids is 1. The highest BCUT2D eigenvalue weighted by Crippen LogP contribution is 2.20. The van der Waals surface area contributed by atoms with Gasteiger partial charge in [-0.15, -0.1) is 0 Å². The quantitative estimate of drug-likeness (QED) is 0.542. The van der Waals surface area contributed by atoms with Gasteiger partial charge in [0, 0.05) is 25.4 Å². The first-order chi connectivity index (χ1) is 9.32. The van der Waals surface area contributed by atoms with Crippen molar-refractivity contribution >= 4 is 11.9 Å². The molecule has 0 bridgehead atoms. The monoisotopic (exact) mass is 286 g/mol. The van der Waals surface area contributed by atoms with Crippen LogP contribution in [0, 0.1) is 11.8 Å². The van der Waals surface area contributed by atoms with Crippen molar-refractivity contribution in [1.29, 1.82) is 0 Å². The largest absolute Gasteiger partial charge is 0.481 e. The Morgan fingerprint density at radius 1 is 1.10 bits per heavy atom. The Morgan fingerprint density at radius 3 is 2.25 bits per heavy atom. The molecule has 0 aromatic carbocycles. The molecule has 0 saturated carbocycles. The van der Waals surface area contributed by atoms with Gasteiger partial charge in [0.15, 0.2) is 0 Å². The summed E-state index contributed by atoms with van der Waals surface area (Å²) >= 11 is 0. The Balaban J connectivity index is 3.81. The van der Waals surface area contributed by atoms with Gasteiger partial charge in [-0.25, -0.2) is 0 Å². The lowest BCUT2D eigenvalue weighted by Gasteiger charge is -2.20. The summed E-state index contributed by atoms with van der Waals surface area (Å²) in [7, 11) is 0. The maximum Gasteiger partial charge on any atom is 0.303 e. The summed E-state index contributed by atoms with van der Waals surface area (Å²) in [4.78, 5) is 22.2. The second-order valence-corrected chi connectivity index (χ2v) is 5.94. The highest BCUT2D eigenvalue weighted by Gasteiger charge is 2.15. The summed E-state index contributed by atoms with van der Waals surface area (Å²) in [6, 6.07) is 0.143. The molecule has 0 spiro atoms. The molecule has 0 aliphatic rings. The molecular formula is C15H30N2O3. The first kappa shape index (κ1) is 18.9. The lowest BCUT2D eigenvalue weighted by Crippen LogP contribution is -2.27. The van der Waals surface area contributed by atoms with Gasteiger partial charge in [-0.05, 0) is 44.4 Å². The molecule has 0 saturated heterocycles. The minimum atomic E-state index is -0.754. The van der Waals surface area contributed by atoms with E-state index in [1.54, 1.807) is 0 Å². The second-order valence-electron chi connectivity index (χ2n) is 5.94. The van der Waals surface area contributed by atoms with E-state index in [0.717, 1.165) is 19.3 Å². The van der Waals surface area contributed by atoms with Gasteiger partial charge in [0.05, 0.1) is 0 Å². The number of aliphatic carboxylic acids is 1. The van der Waals surface area contributed by atoms with Gasteiger partial charge in [-0.1, -0.05) is 13.8 Å². The molecule has 0 aromatic heterocycles. The van der Waals surface area contributed by atoms with Gasteiger partial charge >= 0.3 is 5.97 Å². The van der Waals surface area contributed by atoms with Crippen LogP contribution in [0.2, 0.25) is 0 Å². The van der Waals surface area contributed by atoms with Crippen molar-refractivity contribution in [2.45, 2.75) is 65.3 Å². The summed E-state index contributed by atoms with van der Waals surface area (Å²) in [6.07, 6.45) is 3.91. The molecular weight excluding hydrogens is 256 g/mol. The Morgan fingerprint density at radius 2 is 1.75 bits per heavy atom. The van der Waals surface area contributed by atoms with Gasteiger partial charge in [0.1, 0.15) is 0 Å². The Hall–Kier alpha value is -1.10. The van der Waals surface area contributed by atoms with Crippen molar-refractivity contribution in [3.63, 3.8) is 0 Å². The summed E-state index contributed by atoms with van der Waals surface area (Å²) < 4.78 is 0. The zero-order valence-electron chi connectivity index (χ0n) is 13.0. The standard InChI is InChI=1S/C15H30N2O3/c1-11(2)13(7-8-15(19)20)9-10-17-14(18)6-4-5-12(3)16/h11-13H,4-10,16H2,1-3H3,(H,17,18)(H,19,20). The lowest BCUT2D eigenvalue weighted by molar-refractivity contribution is -0.137. The molecule has 1 amide bonds. The van der Waals surface area contributed by atoms with E-state index in [1.165, 1.54) is 0 Å². The van der Waals surface area contributed by atoms with Gasteiger partial charge in [-0.2, -0.15) is 0 Å². The van der Waals surface area contributed by atoms with Crippen LogP contribution in [-0.2, 0) is 9.59 Å². The summed E-state index contributed by atoms with van der Waals surface area (Å²) in [6.45, 7) is 6.75. The number of carboxylic acids is 1. The number of carboxylic acid groups (broad SMARTS) is 1. The van der Waals surface area contributed by atoms with E-state index < -0.39 is 5.97 Å². The fourth-order valence-corrected chi connectivity index (χ4v) is 2.19. The number of nitrogens with two attached hydrogens (primary N) is 1. The molecule has 5 nitrogen and oxygen atoms in total. The first-order valence-electron chi connectivity index (χ1n) is 7.57. The van der Waals surface area contributed by atoms with Crippen LogP contribution in [0.25, 0.3) is 0 Å². The van der Waals surface area contributed by atoms with E-state index in [-0.39, 0.29) is 18.4 Å². The fraction of sp³-hybridized carbons (Fsp3) is 0.867. The number of hydrogen-bond acceptors (Lipinski definition) is 3. The number of rotatable bonds is 11. The van der Waals surface area contributed by atoms with E-state index in [1.807, 2.05) is 6.92 Å². The van der Waals surface area contributed by atoms with Crippen molar-refractivity contribution in [3.05, 3.63) is 0 Å². The van der Waals surface area contributed by atoms with Crippen molar-refractivity contribution in [1.82, 2.24) is 5.32 Å². The number of amides is 1. The number of carbonyl (C=O) groups is 2. The van der Waals surface area contributed by atoms with Crippen LogP contribution in [0.15, 0.2) is 0 Å². The highest BCUT2D eigenvalue weighted by molar-refractivity contribution is 5.75. The molecule has 4 N–H and O–H groups in total. The van der Waals surface area contributed by atoms with Gasteiger partial charge in [0.25, 0.3) is 0 Å². The van der Waals surface area contributed by atoms with Crippen LogP contribution >= 0.6 is 0 Å². The molecule has 0 aliphatic carbocycles. The van der Waals surface area contributed by atoms with Gasteiger partial charge in [0.2, 0.25) is 5.91 Å². The molecule has 0 aliphatic heterocycles. The predicted octanol–water partition coefficient (Wildman–Crippen LogP) is 2.15. The molecule has 0 radical (unpaired) electrons. The minimum Gasteiger partial charge on any atom is -0.481 e. The molecule has 118 valence electrons. The van der Waals surface area contributed by atoms with Crippen molar-refractivity contribution < 1.29 is 14.7 Å². The van der Waals surface area contributed by atoms with Crippen LogP contribution in [0.5, 0.6) is 0 Å². The van der Waals surface area contributed by atoms with E-state index in [9.17, 15) is 9.59 Å². The molecule has 0 fully saturated rings. The van der Waals surface area contributed by atoms with Crippen LogP contribution in [0.4, 0.5) is 0 Å². The topological polar surface area (TPSA) is 92.4 Å². The summed E-state index contributed by atoms with van der Waals surface area (Å²) in [5, 5.41) is 11.6. The van der Waals surface area contributed by atoms with E-state index >= 15 is 0 Å². The Kier molecular flexibility index (Phi) is 10.1. The molecule has 0 aromatic rings. The van der Waals surface area contributed by atoms with Crippen molar-refractivity contribution in [3.8, 4) is 0 Å². The average molecular weight is 286 g/mol. The number of nitrogens with one attached hydrogen (secondary N) is 1. The maximum absolute atomic E-state index is 11.6. The van der Waals surface area contributed by atoms with Crippen LogP contribution < -0.4 is 11.1 Å². The third-order valence-corrected chi connectivity index (χ3v) is 3.57. The van der Waals surface area contributed by atoms with Crippen LogP contribution in [-0.4, -0.2) is 29.6 Å². The molecule has 20 heavy (non-hydrogen) atoms. The van der Waals surface area contributed by atoms with Crippen molar-refractivity contribution in [2.24, 2.45) is 17.6 Å². The third-order valence-electron chi connectivity index (χ3n) is 3.57. The Labute approximate surface area is 122 Å². The van der Waals surface area contributed by atoms with Crippen LogP contribution in [0.3, 0.4) is 0 Å². The van der Waals surface area contributed by atoms with Gasteiger partial charge < -0.3 is 16.2 Å². The second kappa shape index (κ2) is 10.7. The third kappa shape index (κ3) is 10.8. The lowest BCUT2D eigenvalue weighted by atomic mass is 9.88. The van der Waals surface area contributed by atoms with Gasteiger partial charge in [-0.3, -0.25) is 9.59 Å². The highest BCUT2D eigenvalue weighted by atomic mass is 16.4. The average Bonchev–Trinajstić information content (AvgIpc) is 2.32. The predicted molar refractivity (Wildman–Crippen MR) is 80.3 cm³/mol. The van der Waals surface area contributed by atoms with E-state index in [4.69, 9.17) is 10.8 Å². The minimum absolute atomic E-state index is 0.0615. The normalized spacial score (nSPS) is 14.1. The zero-order valence-corrected chi connectivity index (χ0v) is 13.0. The van der Waals surface area contributed by atoms with E-state index in [0.29, 0.717) is 31.2 Å². The molecule has 0 heterocycles. The maximum atomic E-state index is 11.6. The van der Waals surface area contributed by atoms with Crippen LogP contribution in [0.1, 0.15) is 59.3 Å². The summed E-state index contributed by atoms with van der Waals surface area (Å²) in [5.74, 6) is 0.0850. The molecule has 2 atom stereocenters. The molecule has 2 unspecified atom stereocenters. The zero-order chi connectivity index (χ0) is 15.5. The number of hydrogen-bond donors (Lipinski definition) is 3. The Bertz CT molecular complexity index is 291. The molecule has 5 heteroatoms. The first-order valence-corrected chi connectivity index (χ1v) is 7.57. The van der Waals surface area contributed by atoms with E-state index in [2.05, 4.69) is 19.2 Å². The van der Waals surface area contributed by atoms with Crippen molar-refractivity contribution in [2.75, 3.05) is 6.54 Å². The fourth-order valence-electron chi connectivity index (χ4n) is 2.19.